The molecule has 1 saturated heterocycles. The lowest BCUT2D eigenvalue weighted by molar-refractivity contribution is -0.0856. The Morgan fingerprint density at radius 2 is 1.61 bits per heavy atom. The predicted molar refractivity (Wildman–Crippen MR) is 117 cm³/mol. The Bertz CT molecular complexity index is 952. The topological polar surface area (TPSA) is 69.7 Å². The smallest absolute Gasteiger partial charge is 0.257 e. The van der Waals surface area contributed by atoms with Gasteiger partial charge in [-0.1, -0.05) is 18.5 Å². The maximum atomic E-state index is 14.1. The van der Waals surface area contributed by atoms with Crippen LogP contribution in [0.3, 0.4) is 0 Å². The predicted octanol–water partition coefficient (Wildman–Crippen LogP) is 3.65. The summed E-state index contributed by atoms with van der Waals surface area (Å²) in [6, 6.07) is 1.65. The van der Waals surface area contributed by atoms with Gasteiger partial charge in [0.15, 0.2) is 0 Å². The third-order valence-corrected chi connectivity index (χ3v) is 8.78. The van der Waals surface area contributed by atoms with Gasteiger partial charge in [-0.2, -0.15) is 4.31 Å². The van der Waals surface area contributed by atoms with E-state index >= 15 is 0 Å². The van der Waals surface area contributed by atoms with Crippen LogP contribution in [0.5, 0.6) is 0 Å². The summed E-state index contributed by atoms with van der Waals surface area (Å²) in [7, 11) is -3.38. The number of alkyl halides is 2. The van der Waals surface area contributed by atoms with Crippen molar-refractivity contribution in [2.24, 2.45) is 0 Å². The van der Waals surface area contributed by atoms with Gasteiger partial charge in [-0.15, -0.1) is 0 Å². The van der Waals surface area contributed by atoms with E-state index in [1.54, 1.807) is 6.92 Å². The van der Waals surface area contributed by atoms with Gasteiger partial charge in [0, 0.05) is 56.1 Å². The minimum Gasteiger partial charge on any atom is -0.350 e. The molecule has 1 aromatic rings. The van der Waals surface area contributed by atoms with Gasteiger partial charge in [-0.3, -0.25) is 9.69 Å². The van der Waals surface area contributed by atoms with Crippen LogP contribution in [0.25, 0.3) is 0 Å². The van der Waals surface area contributed by atoms with Crippen LogP contribution in [0.1, 0.15) is 49.4 Å². The average molecular weight is 514 g/mol. The standard InChI is InChI=1S/C21H28ClF4N3O3S/c1-2-11-33(31,32)29-9-7-28(8-10-29)20(3-5-21(25,26)6-4-20)14-27-19(30)18-16(23)12-15(22)13-17(18)24/h12-13H,2-11,14H2,1H3,(H,27,30). The summed E-state index contributed by atoms with van der Waals surface area (Å²) >= 11 is 5.60. The number of halogens is 5. The zero-order chi connectivity index (χ0) is 24.4. The zero-order valence-electron chi connectivity index (χ0n) is 18.4. The third-order valence-electron chi connectivity index (χ3n) is 6.49. The van der Waals surface area contributed by atoms with Gasteiger partial charge in [0.2, 0.25) is 15.9 Å². The van der Waals surface area contributed by atoms with E-state index in [1.165, 1.54) is 4.31 Å². The molecule has 0 aromatic heterocycles. The van der Waals surface area contributed by atoms with Crippen molar-refractivity contribution in [3.8, 4) is 0 Å². The molecule has 1 amide bonds. The van der Waals surface area contributed by atoms with Crippen LogP contribution in [0, 0.1) is 11.6 Å². The van der Waals surface area contributed by atoms with Crippen molar-refractivity contribution in [2.75, 3.05) is 38.5 Å². The number of hydrogen-bond donors (Lipinski definition) is 1. The Morgan fingerprint density at radius 3 is 2.12 bits per heavy atom. The van der Waals surface area contributed by atoms with Crippen molar-refractivity contribution in [1.29, 1.82) is 0 Å². The SMILES string of the molecule is CCCS(=O)(=O)N1CCN(C2(CNC(=O)c3c(F)cc(Cl)cc3F)CCC(F)(F)CC2)CC1. The summed E-state index contributed by atoms with van der Waals surface area (Å²) in [6.07, 6.45) is -0.158. The lowest BCUT2D eigenvalue weighted by Crippen LogP contribution is -2.63. The second-order valence-electron chi connectivity index (χ2n) is 8.71. The second-order valence-corrected chi connectivity index (χ2v) is 11.2. The Balaban J connectivity index is 1.75. The highest BCUT2D eigenvalue weighted by Gasteiger charge is 2.47. The lowest BCUT2D eigenvalue weighted by atomic mass is 9.78. The highest BCUT2D eigenvalue weighted by atomic mass is 35.5. The first-order chi connectivity index (χ1) is 15.4. The Morgan fingerprint density at radius 1 is 1.06 bits per heavy atom. The van der Waals surface area contributed by atoms with Crippen molar-refractivity contribution < 1.29 is 30.8 Å². The molecule has 0 unspecified atom stereocenters. The van der Waals surface area contributed by atoms with Crippen LogP contribution in [0.2, 0.25) is 5.02 Å². The number of piperazine rings is 1. The molecular formula is C21H28ClF4N3O3S. The molecule has 2 fully saturated rings. The van der Waals surface area contributed by atoms with Crippen molar-refractivity contribution in [2.45, 2.75) is 50.5 Å². The van der Waals surface area contributed by atoms with Crippen molar-refractivity contribution >= 4 is 27.5 Å². The lowest BCUT2D eigenvalue weighted by Gasteiger charge is -2.50. The van der Waals surface area contributed by atoms with Crippen molar-refractivity contribution in [3.63, 3.8) is 0 Å². The monoisotopic (exact) mass is 513 g/mol. The third kappa shape index (κ3) is 5.98. The average Bonchev–Trinajstić information content (AvgIpc) is 2.73. The molecule has 0 bridgehead atoms. The zero-order valence-corrected chi connectivity index (χ0v) is 19.9. The van der Waals surface area contributed by atoms with Crippen LogP contribution in [-0.2, 0) is 10.0 Å². The highest BCUT2D eigenvalue weighted by Crippen LogP contribution is 2.42. The molecular weight excluding hydrogens is 486 g/mol. The Labute approximate surface area is 196 Å². The second kappa shape index (κ2) is 10.1. The quantitative estimate of drug-likeness (QED) is 0.565. The van der Waals surface area contributed by atoms with Gasteiger partial charge >= 0.3 is 0 Å². The van der Waals surface area contributed by atoms with Crippen LogP contribution in [0.4, 0.5) is 17.6 Å². The summed E-state index contributed by atoms with van der Waals surface area (Å²) in [6.45, 7) is 2.75. The molecule has 2 aliphatic rings. The molecule has 0 spiro atoms. The first-order valence-electron chi connectivity index (χ1n) is 10.9. The minimum absolute atomic E-state index is 0.0403. The maximum Gasteiger partial charge on any atom is 0.257 e. The molecule has 0 radical (unpaired) electrons. The van der Waals surface area contributed by atoms with E-state index in [9.17, 15) is 30.8 Å². The molecule has 1 saturated carbocycles. The fourth-order valence-electron chi connectivity index (χ4n) is 4.61. The maximum absolute atomic E-state index is 14.1. The van der Waals surface area contributed by atoms with Gasteiger partial charge in [0.1, 0.15) is 17.2 Å². The number of nitrogens with one attached hydrogen (secondary N) is 1. The molecule has 3 rings (SSSR count). The van der Waals surface area contributed by atoms with Gasteiger partial charge in [0.05, 0.1) is 5.75 Å². The van der Waals surface area contributed by atoms with Gasteiger partial charge in [-0.25, -0.2) is 26.0 Å². The molecule has 1 aliphatic heterocycles. The fourth-order valence-corrected chi connectivity index (χ4v) is 6.29. The first kappa shape index (κ1) is 26.2. The summed E-state index contributed by atoms with van der Waals surface area (Å²) in [5, 5.41) is 2.33. The summed E-state index contributed by atoms with van der Waals surface area (Å²) < 4.78 is 82.2. The molecule has 1 aliphatic carbocycles. The number of nitrogens with zero attached hydrogens (tertiary/aromatic N) is 2. The fraction of sp³-hybridized carbons (Fsp3) is 0.667. The van der Waals surface area contributed by atoms with E-state index in [-0.39, 0.29) is 56.1 Å². The van der Waals surface area contributed by atoms with Crippen LogP contribution in [0.15, 0.2) is 12.1 Å². The number of hydrogen-bond acceptors (Lipinski definition) is 4. The molecule has 186 valence electrons. The van der Waals surface area contributed by atoms with E-state index in [0.29, 0.717) is 19.5 Å². The molecule has 0 atom stereocenters. The Kier molecular flexibility index (Phi) is 7.97. The van der Waals surface area contributed by atoms with Crippen LogP contribution >= 0.6 is 11.6 Å². The number of amides is 1. The molecule has 12 heteroatoms. The number of rotatable bonds is 7. The molecule has 1 heterocycles. The number of carbonyl (C=O) groups excluding carboxylic acids is 1. The number of carbonyl (C=O) groups is 1. The van der Waals surface area contributed by atoms with Crippen LogP contribution < -0.4 is 5.32 Å². The molecule has 1 aromatic carbocycles. The normalized spacial score (nSPS) is 21.6. The molecule has 33 heavy (non-hydrogen) atoms. The summed E-state index contributed by atoms with van der Waals surface area (Å²) in [5.41, 5.74) is -1.65. The van der Waals surface area contributed by atoms with Crippen LogP contribution in [-0.4, -0.2) is 73.5 Å². The molecule has 6 nitrogen and oxygen atoms in total. The van der Waals surface area contributed by atoms with E-state index in [2.05, 4.69) is 5.32 Å². The van der Waals surface area contributed by atoms with E-state index in [4.69, 9.17) is 11.6 Å². The molecule has 1 N–H and O–H groups in total. The summed E-state index contributed by atoms with van der Waals surface area (Å²) in [4.78, 5) is 14.5. The number of benzene rings is 1. The Hall–Kier alpha value is -1.43. The van der Waals surface area contributed by atoms with E-state index < -0.39 is 44.6 Å². The number of sulfonamides is 1. The van der Waals surface area contributed by atoms with Crippen molar-refractivity contribution in [1.82, 2.24) is 14.5 Å². The highest BCUT2D eigenvalue weighted by molar-refractivity contribution is 7.89. The van der Waals surface area contributed by atoms with Gasteiger partial charge in [-0.05, 0) is 31.4 Å². The van der Waals surface area contributed by atoms with Gasteiger partial charge in [0.25, 0.3) is 5.91 Å². The van der Waals surface area contributed by atoms with Gasteiger partial charge < -0.3 is 5.32 Å². The largest absolute Gasteiger partial charge is 0.350 e. The first-order valence-corrected chi connectivity index (χ1v) is 12.9. The minimum atomic E-state index is -3.38. The van der Waals surface area contributed by atoms with Crippen molar-refractivity contribution in [3.05, 3.63) is 34.4 Å². The summed E-state index contributed by atoms with van der Waals surface area (Å²) in [5.74, 6) is -6.01. The van der Waals surface area contributed by atoms with E-state index in [1.807, 2.05) is 4.90 Å². The van der Waals surface area contributed by atoms with E-state index in [0.717, 1.165) is 12.1 Å².